The summed E-state index contributed by atoms with van der Waals surface area (Å²) in [7, 11) is 0. The van der Waals surface area contributed by atoms with Gasteiger partial charge in [0.25, 0.3) is 0 Å². The fourth-order valence-corrected chi connectivity index (χ4v) is 3.68. The molecule has 0 aliphatic heterocycles. The summed E-state index contributed by atoms with van der Waals surface area (Å²) in [5, 5.41) is 3.83. The molecular formula is C17H25N. The molecule has 1 saturated carbocycles. The van der Waals surface area contributed by atoms with E-state index in [0.29, 0.717) is 0 Å². The van der Waals surface area contributed by atoms with E-state index in [1.807, 2.05) is 0 Å². The topological polar surface area (TPSA) is 12.0 Å². The van der Waals surface area contributed by atoms with E-state index in [1.54, 1.807) is 11.1 Å². The highest BCUT2D eigenvalue weighted by molar-refractivity contribution is 5.32. The Bertz CT molecular complexity index is 379. The van der Waals surface area contributed by atoms with Gasteiger partial charge in [-0.15, -0.1) is 0 Å². The molecule has 18 heavy (non-hydrogen) atoms. The molecule has 1 fully saturated rings. The van der Waals surface area contributed by atoms with Crippen LogP contribution in [0.5, 0.6) is 0 Å². The number of benzene rings is 1. The monoisotopic (exact) mass is 243 g/mol. The van der Waals surface area contributed by atoms with E-state index in [1.165, 1.54) is 57.9 Å². The van der Waals surface area contributed by atoms with Crippen LogP contribution in [0.15, 0.2) is 24.3 Å². The summed E-state index contributed by atoms with van der Waals surface area (Å²) in [5.74, 6) is 0.761. The number of hydrogen-bond acceptors (Lipinski definition) is 1. The molecule has 1 N–H and O–H groups in total. The van der Waals surface area contributed by atoms with Crippen LogP contribution >= 0.6 is 0 Å². The fraction of sp³-hybridized carbons (Fsp3) is 0.647. The van der Waals surface area contributed by atoms with Gasteiger partial charge in [0.05, 0.1) is 0 Å². The van der Waals surface area contributed by atoms with Crippen molar-refractivity contribution in [3.8, 4) is 0 Å². The van der Waals surface area contributed by atoms with Gasteiger partial charge in [0.15, 0.2) is 0 Å². The van der Waals surface area contributed by atoms with Crippen LogP contribution < -0.4 is 5.32 Å². The zero-order valence-electron chi connectivity index (χ0n) is 11.3. The van der Waals surface area contributed by atoms with Gasteiger partial charge in [0.2, 0.25) is 0 Å². The molecule has 2 aliphatic carbocycles. The van der Waals surface area contributed by atoms with Gasteiger partial charge < -0.3 is 5.32 Å². The summed E-state index contributed by atoms with van der Waals surface area (Å²) in [6.45, 7) is 1.20. The van der Waals surface area contributed by atoms with Gasteiger partial charge in [0, 0.05) is 12.6 Å². The van der Waals surface area contributed by atoms with E-state index in [-0.39, 0.29) is 0 Å². The molecule has 1 aromatic rings. The average Bonchev–Trinajstić information content (AvgIpc) is 2.46. The van der Waals surface area contributed by atoms with Gasteiger partial charge in [0.1, 0.15) is 0 Å². The van der Waals surface area contributed by atoms with Crippen LogP contribution in [0.25, 0.3) is 0 Å². The zero-order chi connectivity index (χ0) is 12.2. The molecule has 0 radical (unpaired) electrons. The average molecular weight is 243 g/mol. The summed E-state index contributed by atoms with van der Waals surface area (Å²) >= 11 is 0. The summed E-state index contributed by atoms with van der Waals surface area (Å²) in [6, 6.07) is 9.87. The molecule has 98 valence electrons. The molecule has 0 amide bonds. The second kappa shape index (κ2) is 5.88. The summed E-state index contributed by atoms with van der Waals surface area (Å²) in [4.78, 5) is 0. The van der Waals surface area contributed by atoms with Gasteiger partial charge in [-0.2, -0.15) is 0 Å². The number of fused-ring (bicyclic) bond motifs is 1. The Hall–Kier alpha value is -0.820. The second-order valence-corrected chi connectivity index (χ2v) is 6.03. The minimum absolute atomic E-state index is 0.761. The molecule has 0 aromatic heterocycles. The number of hydrogen-bond donors (Lipinski definition) is 1. The quantitative estimate of drug-likeness (QED) is 0.845. The first-order chi connectivity index (χ1) is 8.93. The van der Waals surface area contributed by atoms with Crippen molar-refractivity contribution in [1.29, 1.82) is 0 Å². The molecular weight excluding hydrogens is 218 g/mol. The Morgan fingerprint density at radius 3 is 2.67 bits per heavy atom. The van der Waals surface area contributed by atoms with Gasteiger partial charge in [-0.3, -0.25) is 0 Å². The molecule has 0 bridgehead atoms. The normalized spacial score (nSPS) is 24.8. The molecule has 2 aliphatic rings. The Kier molecular flexibility index (Phi) is 3.99. The summed E-state index contributed by atoms with van der Waals surface area (Å²) in [6.07, 6.45) is 11.1. The van der Waals surface area contributed by atoms with Crippen molar-refractivity contribution >= 4 is 0 Å². The van der Waals surface area contributed by atoms with Crippen LogP contribution in [0.4, 0.5) is 0 Å². The van der Waals surface area contributed by atoms with Crippen LogP contribution in [0.3, 0.4) is 0 Å². The standard InChI is InChI=1S/C17H25N/c1-2-10-16(11-3-1)18-13-15-9-6-8-14-7-4-5-12-17(14)15/h4-5,7,12,15-16,18H,1-3,6,8-11,13H2. The van der Waals surface area contributed by atoms with Crippen molar-refractivity contribution < 1.29 is 0 Å². The Morgan fingerprint density at radius 2 is 1.78 bits per heavy atom. The predicted octanol–water partition coefficient (Wildman–Crippen LogP) is 4.03. The van der Waals surface area contributed by atoms with Gasteiger partial charge in [-0.1, -0.05) is 43.5 Å². The molecule has 3 rings (SSSR count). The lowest BCUT2D eigenvalue weighted by atomic mass is 9.82. The molecule has 0 spiro atoms. The summed E-state index contributed by atoms with van der Waals surface area (Å²) < 4.78 is 0. The van der Waals surface area contributed by atoms with Crippen molar-refractivity contribution in [2.45, 2.75) is 63.3 Å². The molecule has 1 heteroatoms. The first-order valence-corrected chi connectivity index (χ1v) is 7.74. The maximum absolute atomic E-state index is 3.83. The van der Waals surface area contributed by atoms with E-state index < -0.39 is 0 Å². The Morgan fingerprint density at radius 1 is 0.944 bits per heavy atom. The van der Waals surface area contributed by atoms with Crippen LogP contribution in [0.1, 0.15) is 62.0 Å². The van der Waals surface area contributed by atoms with Crippen LogP contribution in [-0.2, 0) is 6.42 Å². The minimum Gasteiger partial charge on any atom is -0.313 e. The van der Waals surface area contributed by atoms with Gasteiger partial charge >= 0.3 is 0 Å². The molecule has 0 saturated heterocycles. The maximum Gasteiger partial charge on any atom is 0.00673 e. The predicted molar refractivity (Wildman–Crippen MR) is 77.0 cm³/mol. The van der Waals surface area contributed by atoms with Crippen molar-refractivity contribution in [3.63, 3.8) is 0 Å². The summed E-state index contributed by atoms with van der Waals surface area (Å²) in [5.41, 5.74) is 3.21. The maximum atomic E-state index is 3.83. The SMILES string of the molecule is c1ccc2c(c1)CCCC2CNC1CCCCC1. The molecule has 1 aromatic carbocycles. The van der Waals surface area contributed by atoms with E-state index >= 15 is 0 Å². The van der Waals surface area contributed by atoms with Crippen LogP contribution in [0.2, 0.25) is 0 Å². The van der Waals surface area contributed by atoms with E-state index in [4.69, 9.17) is 0 Å². The zero-order valence-corrected chi connectivity index (χ0v) is 11.3. The number of rotatable bonds is 3. The highest BCUT2D eigenvalue weighted by Gasteiger charge is 2.21. The third kappa shape index (κ3) is 2.77. The van der Waals surface area contributed by atoms with Crippen LogP contribution in [0, 0.1) is 0 Å². The van der Waals surface area contributed by atoms with E-state index in [2.05, 4.69) is 29.6 Å². The fourth-order valence-electron chi connectivity index (χ4n) is 3.68. The minimum atomic E-state index is 0.761. The first-order valence-electron chi connectivity index (χ1n) is 7.74. The molecule has 0 heterocycles. The van der Waals surface area contributed by atoms with E-state index in [9.17, 15) is 0 Å². The molecule has 1 atom stereocenters. The Labute approximate surface area is 111 Å². The highest BCUT2D eigenvalue weighted by atomic mass is 14.9. The Balaban J connectivity index is 1.60. The molecule has 1 nitrogen and oxygen atoms in total. The third-order valence-corrected chi connectivity index (χ3v) is 4.75. The lowest BCUT2D eigenvalue weighted by molar-refractivity contribution is 0.357. The first kappa shape index (κ1) is 12.2. The lowest BCUT2D eigenvalue weighted by Gasteiger charge is -2.29. The second-order valence-electron chi connectivity index (χ2n) is 6.03. The third-order valence-electron chi connectivity index (χ3n) is 4.75. The largest absolute Gasteiger partial charge is 0.313 e. The van der Waals surface area contributed by atoms with Crippen molar-refractivity contribution in [1.82, 2.24) is 5.32 Å². The van der Waals surface area contributed by atoms with Crippen molar-refractivity contribution in [3.05, 3.63) is 35.4 Å². The van der Waals surface area contributed by atoms with Crippen molar-refractivity contribution in [2.75, 3.05) is 6.54 Å². The van der Waals surface area contributed by atoms with Gasteiger partial charge in [-0.25, -0.2) is 0 Å². The van der Waals surface area contributed by atoms with Crippen LogP contribution in [-0.4, -0.2) is 12.6 Å². The smallest absolute Gasteiger partial charge is 0.00673 e. The van der Waals surface area contributed by atoms with Crippen molar-refractivity contribution in [2.24, 2.45) is 0 Å². The van der Waals surface area contributed by atoms with Gasteiger partial charge in [-0.05, 0) is 49.1 Å². The number of nitrogens with one attached hydrogen (secondary N) is 1. The highest BCUT2D eigenvalue weighted by Crippen LogP contribution is 2.31. The van der Waals surface area contributed by atoms with E-state index in [0.717, 1.165) is 12.0 Å². The number of aryl methyl sites for hydroxylation is 1. The lowest BCUT2D eigenvalue weighted by Crippen LogP contribution is -2.35. The molecule has 1 unspecified atom stereocenters.